The molecule has 5 heteroatoms. The Bertz CT molecular complexity index is 1170. The number of hydrogen-bond donors (Lipinski definition) is 0. The molecule has 0 saturated heterocycles. The first kappa shape index (κ1) is 18.3. The highest BCUT2D eigenvalue weighted by molar-refractivity contribution is 7.16. The van der Waals surface area contributed by atoms with Crippen LogP contribution in [0.1, 0.15) is 31.2 Å². The first-order chi connectivity index (χ1) is 13.4. The SMILES string of the molecule is CN(c1c(-c2ccc(C#Cc3ccccc3)s2)nc2cnccn12)C(C)(C)C. The van der Waals surface area contributed by atoms with Crippen LogP contribution >= 0.6 is 11.3 Å². The molecular weight excluding hydrogens is 364 g/mol. The summed E-state index contributed by atoms with van der Waals surface area (Å²) in [6.07, 6.45) is 5.56. The fraction of sp³-hybridized carbons (Fsp3) is 0.217. The molecule has 3 aromatic heterocycles. The van der Waals surface area contributed by atoms with Crippen LogP contribution in [0.5, 0.6) is 0 Å². The van der Waals surface area contributed by atoms with Crippen LogP contribution in [0, 0.1) is 11.8 Å². The maximum atomic E-state index is 4.87. The Morgan fingerprint density at radius 1 is 1.04 bits per heavy atom. The molecule has 3 heterocycles. The van der Waals surface area contributed by atoms with Gasteiger partial charge in [0.05, 0.1) is 16.0 Å². The average molecular weight is 387 g/mol. The summed E-state index contributed by atoms with van der Waals surface area (Å²) in [7, 11) is 2.11. The topological polar surface area (TPSA) is 33.4 Å². The zero-order chi connectivity index (χ0) is 19.7. The third-order valence-electron chi connectivity index (χ3n) is 4.67. The van der Waals surface area contributed by atoms with Crippen molar-refractivity contribution in [3.05, 3.63) is 71.5 Å². The fourth-order valence-electron chi connectivity index (χ4n) is 2.88. The molecule has 0 amide bonds. The van der Waals surface area contributed by atoms with Crippen molar-refractivity contribution in [1.82, 2.24) is 14.4 Å². The van der Waals surface area contributed by atoms with Crippen LogP contribution in [0.4, 0.5) is 5.82 Å². The van der Waals surface area contributed by atoms with E-state index in [0.29, 0.717) is 0 Å². The van der Waals surface area contributed by atoms with Gasteiger partial charge in [0, 0.05) is 30.5 Å². The number of hydrogen-bond acceptors (Lipinski definition) is 4. The highest BCUT2D eigenvalue weighted by atomic mass is 32.1. The summed E-state index contributed by atoms with van der Waals surface area (Å²) in [5.74, 6) is 7.56. The highest BCUT2D eigenvalue weighted by Crippen LogP contribution is 2.37. The van der Waals surface area contributed by atoms with Gasteiger partial charge in [-0.25, -0.2) is 4.98 Å². The van der Waals surface area contributed by atoms with Gasteiger partial charge in [0.15, 0.2) is 5.65 Å². The predicted molar refractivity (Wildman–Crippen MR) is 117 cm³/mol. The summed E-state index contributed by atoms with van der Waals surface area (Å²) in [6.45, 7) is 6.59. The molecule has 0 atom stereocenters. The van der Waals surface area contributed by atoms with Crippen LogP contribution in [-0.4, -0.2) is 27.0 Å². The normalized spacial score (nSPS) is 11.3. The summed E-state index contributed by atoms with van der Waals surface area (Å²) >= 11 is 1.67. The van der Waals surface area contributed by atoms with E-state index in [1.807, 2.05) is 36.5 Å². The van der Waals surface area contributed by atoms with Crippen molar-refractivity contribution < 1.29 is 0 Å². The minimum atomic E-state index is -0.0405. The van der Waals surface area contributed by atoms with Crippen LogP contribution in [0.2, 0.25) is 0 Å². The summed E-state index contributed by atoms with van der Waals surface area (Å²) in [5, 5.41) is 0. The molecule has 0 spiro atoms. The largest absolute Gasteiger partial charge is 0.354 e. The van der Waals surface area contributed by atoms with Crippen molar-refractivity contribution in [2.24, 2.45) is 0 Å². The summed E-state index contributed by atoms with van der Waals surface area (Å²) < 4.78 is 2.10. The van der Waals surface area contributed by atoms with Crippen LogP contribution < -0.4 is 4.90 Å². The third-order valence-corrected chi connectivity index (χ3v) is 5.68. The minimum Gasteiger partial charge on any atom is -0.354 e. The second kappa shape index (κ2) is 7.14. The van der Waals surface area contributed by atoms with Crippen molar-refractivity contribution in [3.8, 4) is 22.4 Å². The van der Waals surface area contributed by atoms with Crippen LogP contribution in [0.25, 0.3) is 16.2 Å². The predicted octanol–water partition coefficient (Wildman–Crippen LogP) is 5.09. The molecule has 0 saturated carbocycles. The lowest BCUT2D eigenvalue weighted by Crippen LogP contribution is -2.39. The number of rotatable bonds is 2. The Balaban J connectivity index is 1.78. The number of thiophene rings is 1. The Kier molecular flexibility index (Phi) is 4.66. The van der Waals surface area contributed by atoms with Gasteiger partial charge in [-0.3, -0.25) is 9.38 Å². The highest BCUT2D eigenvalue weighted by Gasteiger charge is 2.25. The third kappa shape index (κ3) is 3.51. The molecule has 4 aromatic rings. The quantitative estimate of drug-likeness (QED) is 0.450. The zero-order valence-electron chi connectivity index (χ0n) is 16.5. The van der Waals surface area contributed by atoms with Gasteiger partial charge >= 0.3 is 0 Å². The molecule has 0 N–H and O–H groups in total. The van der Waals surface area contributed by atoms with Gasteiger partial charge in [-0.2, -0.15) is 0 Å². The summed E-state index contributed by atoms with van der Waals surface area (Å²) in [4.78, 5) is 13.5. The molecule has 0 radical (unpaired) electrons. The van der Waals surface area contributed by atoms with Crippen molar-refractivity contribution in [3.63, 3.8) is 0 Å². The van der Waals surface area contributed by atoms with Gasteiger partial charge in [0.1, 0.15) is 11.5 Å². The van der Waals surface area contributed by atoms with Crippen LogP contribution in [0.3, 0.4) is 0 Å². The molecule has 4 rings (SSSR count). The van der Waals surface area contributed by atoms with Gasteiger partial charge in [-0.15, -0.1) is 11.3 Å². The minimum absolute atomic E-state index is 0.0405. The van der Waals surface area contributed by atoms with Crippen molar-refractivity contribution >= 4 is 22.8 Å². The fourth-order valence-corrected chi connectivity index (χ4v) is 3.73. The smallest absolute Gasteiger partial charge is 0.157 e. The Morgan fingerprint density at radius 3 is 2.57 bits per heavy atom. The molecule has 0 fully saturated rings. The number of aromatic nitrogens is 3. The van der Waals surface area contributed by atoms with Gasteiger partial charge < -0.3 is 4.90 Å². The van der Waals surface area contributed by atoms with Gasteiger partial charge in [0.25, 0.3) is 0 Å². The van der Waals surface area contributed by atoms with Crippen LogP contribution in [-0.2, 0) is 0 Å². The van der Waals surface area contributed by atoms with E-state index in [1.165, 1.54) is 0 Å². The standard InChI is InChI=1S/C23H22N4S/c1-23(2,3)26(4)22-21(25-20-16-24-14-15-27(20)22)19-13-12-18(28-19)11-10-17-8-6-5-7-9-17/h5-9,12-16H,1-4H3. The van der Waals surface area contributed by atoms with E-state index in [4.69, 9.17) is 4.98 Å². The summed E-state index contributed by atoms with van der Waals surface area (Å²) in [5.41, 5.74) is 2.78. The molecule has 0 bridgehead atoms. The van der Waals surface area contributed by atoms with Crippen molar-refractivity contribution in [2.45, 2.75) is 26.3 Å². The monoisotopic (exact) mass is 386 g/mol. The van der Waals surface area contributed by atoms with E-state index in [9.17, 15) is 0 Å². The Hall–Kier alpha value is -3.10. The molecule has 140 valence electrons. The maximum Gasteiger partial charge on any atom is 0.157 e. The molecule has 28 heavy (non-hydrogen) atoms. The van der Waals surface area contributed by atoms with E-state index in [1.54, 1.807) is 23.7 Å². The Labute approximate surface area is 169 Å². The Morgan fingerprint density at radius 2 is 1.82 bits per heavy atom. The van der Waals surface area contributed by atoms with E-state index < -0.39 is 0 Å². The lowest BCUT2D eigenvalue weighted by atomic mass is 10.1. The van der Waals surface area contributed by atoms with Crippen molar-refractivity contribution in [2.75, 3.05) is 11.9 Å². The number of nitrogens with zero attached hydrogens (tertiary/aromatic N) is 4. The second-order valence-electron chi connectivity index (χ2n) is 7.60. The molecule has 0 aliphatic heterocycles. The molecule has 1 aromatic carbocycles. The molecule has 0 aliphatic rings. The van der Waals surface area contributed by atoms with Gasteiger partial charge in [-0.1, -0.05) is 30.0 Å². The number of imidazole rings is 1. The first-order valence-electron chi connectivity index (χ1n) is 9.17. The van der Waals surface area contributed by atoms with E-state index in [2.05, 4.69) is 66.1 Å². The van der Waals surface area contributed by atoms with E-state index in [-0.39, 0.29) is 5.54 Å². The first-order valence-corrected chi connectivity index (χ1v) is 9.98. The summed E-state index contributed by atoms with van der Waals surface area (Å²) in [6, 6.07) is 14.2. The molecule has 0 aliphatic carbocycles. The van der Waals surface area contributed by atoms with Crippen molar-refractivity contribution in [1.29, 1.82) is 0 Å². The van der Waals surface area contributed by atoms with E-state index in [0.717, 1.165) is 32.5 Å². The lowest BCUT2D eigenvalue weighted by molar-refractivity contribution is 0.533. The second-order valence-corrected chi connectivity index (χ2v) is 8.68. The maximum absolute atomic E-state index is 4.87. The van der Waals surface area contributed by atoms with Gasteiger partial charge in [0.2, 0.25) is 0 Å². The van der Waals surface area contributed by atoms with E-state index >= 15 is 0 Å². The molecular formula is C23H22N4S. The zero-order valence-corrected chi connectivity index (χ0v) is 17.3. The molecule has 0 unspecified atom stereocenters. The number of benzene rings is 1. The number of anilines is 1. The molecule has 4 nitrogen and oxygen atoms in total. The number of fused-ring (bicyclic) bond motifs is 1. The van der Waals surface area contributed by atoms with Crippen LogP contribution in [0.15, 0.2) is 61.1 Å². The average Bonchev–Trinajstić information content (AvgIpc) is 3.30. The lowest BCUT2D eigenvalue weighted by Gasteiger charge is -2.34. The van der Waals surface area contributed by atoms with Gasteiger partial charge in [-0.05, 0) is 45.0 Å².